The summed E-state index contributed by atoms with van der Waals surface area (Å²) in [6, 6.07) is 10.1. The molecule has 1 aliphatic rings. The predicted octanol–water partition coefficient (Wildman–Crippen LogP) is 2.64. The number of benzene rings is 1. The zero-order valence-electron chi connectivity index (χ0n) is 15.9. The first-order valence-corrected chi connectivity index (χ1v) is 9.05. The van der Waals surface area contributed by atoms with E-state index in [4.69, 9.17) is 4.74 Å². The summed E-state index contributed by atoms with van der Waals surface area (Å²) in [7, 11) is 1.78. The molecule has 0 atom stereocenters. The predicted molar refractivity (Wildman–Crippen MR) is 116 cm³/mol. The number of aliphatic imine (C=N–C) groups is 1. The van der Waals surface area contributed by atoms with E-state index in [0.717, 1.165) is 37.6 Å². The van der Waals surface area contributed by atoms with Gasteiger partial charge < -0.3 is 20.3 Å². The van der Waals surface area contributed by atoms with Crippen LogP contribution in [-0.2, 0) is 4.79 Å². The average Bonchev–Trinajstić information content (AvgIpc) is 2.60. The van der Waals surface area contributed by atoms with Crippen LogP contribution in [0.15, 0.2) is 35.3 Å². The number of carbonyl (C=O) groups is 1. The second-order valence-electron chi connectivity index (χ2n) is 6.56. The first-order chi connectivity index (χ1) is 12.1. The summed E-state index contributed by atoms with van der Waals surface area (Å²) in [5, 5.41) is 6.18. The molecule has 1 fully saturated rings. The first kappa shape index (κ1) is 22.5. The molecule has 0 saturated carbocycles. The molecule has 0 radical (unpaired) electrons. The number of nitrogens with zero attached hydrogens (tertiary/aromatic N) is 2. The Kier molecular flexibility index (Phi) is 10.4. The first-order valence-electron chi connectivity index (χ1n) is 9.05. The maximum atomic E-state index is 11.7. The molecule has 26 heavy (non-hydrogen) atoms. The zero-order valence-corrected chi connectivity index (χ0v) is 18.2. The van der Waals surface area contributed by atoms with Crippen LogP contribution in [0, 0.1) is 0 Å². The van der Waals surface area contributed by atoms with Crippen LogP contribution in [0.1, 0.15) is 33.1 Å². The number of guanidine groups is 1. The molecule has 1 heterocycles. The van der Waals surface area contributed by atoms with Gasteiger partial charge in [-0.15, -0.1) is 24.0 Å². The number of nitrogens with one attached hydrogen (secondary N) is 2. The third kappa shape index (κ3) is 7.80. The Morgan fingerprint density at radius 3 is 2.50 bits per heavy atom. The summed E-state index contributed by atoms with van der Waals surface area (Å²) < 4.78 is 6.03. The molecular weight excluding hydrogens is 443 g/mol. The number of piperidine rings is 1. The minimum atomic E-state index is 0. The number of carbonyl (C=O) groups excluding carboxylic acids is 1. The van der Waals surface area contributed by atoms with E-state index in [1.807, 2.05) is 44.2 Å². The highest BCUT2D eigenvalue weighted by Gasteiger charge is 2.22. The van der Waals surface area contributed by atoms with Crippen LogP contribution in [-0.4, -0.2) is 55.6 Å². The second kappa shape index (κ2) is 12.0. The lowest BCUT2D eigenvalue weighted by Gasteiger charge is -2.34. The molecule has 7 heteroatoms. The molecule has 6 nitrogen and oxygen atoms in total. The summed E-state index contributed by atoms with van der Waals surface area (Å²) in [5.41, 5.74) is 0. The zero-order chi connectivity index (χ0) is 18.1. The minimum absolute atomic E-state index is 0. The Hall–Kier alpha value is -1.51. The number of ether oxygens (including phenoxy) is 1. The van der Waals surface area contributed by atoms with Gasteiger partial charge in [0.15, 0.2) is 5.96 Å². The van der Waals surface area contributed by atoms with Gasteiger partial charge in [0.05, 0.1) is 0 Å². The molecule has 0 spiro atoms. The Balaban J connectivity index is 0.00000338. The second-order valence-corrected chi connectivity index (χ2v) is 6.56. The normalized spacial score (nSPS) is 15.4. The number of halogens is 1. The molecule has 146 valence electrons. The lowest BCUT2D eigenvalue weighted by atomic mass is 10.1. The maximum absolute atomic E-state index is 11.7. The summed E-state index contributed by atoms with van der Waals surface area (Å²) in [6.07, 6.45) is 2.62. The maximum Gasteiger partial charge on any atom is 0.221 e. The lowest BCUT2D eigenvalue weighted by Crippen LogP contribution is -2.48. The standard InChI is InChI=1S/C19H30N4O2.HI/c1-15(2)22-18(24)9-12-21-19(20-3)23-13-10-17(11-14-23)25-16-7-5-4-6-8-16;/h4-8,15,17H,9-14H2,1-3H3,(H,20,21)(H,22,24);1H. The third-order valence-corrected chi connectivity index (χ3v) is 4.08. The monoisotopic (exact) mass is 474 g/mol. The Morgan fingerprint density at radius 2 is 1.92 bits per heavy atom. The topological polar surface area (TPSA) is 66.0 Å². The van der Waals surface area contributed by atoms with Crippen molar-refractivity contribution in [2.45, 2.75) is 45.3 Å². The van der Waals surface area contributed by atoms with Gasteiger partial charge in [0.1, 0.15) is 11.9 Å². The van der Waals surface area contributed by atoms with Crippen molar-refractivity contribution < 1.29 is 9.53 Å². The number of hydrogen-bond acceptors (Lipinski definition) is 3. The number of amides is 1. The van der Waals surface area contributed by atoms with E-state index in [2.05, 4.69) is 20.5 Å². The van der Waals surface area contributed by atoms with Crippen molar-refractivity contribution in [3.63, 3.8) is 0 Å². The highest BCUT2D eigenvalue weighted by molar-refractivity contribution is 14.0. The molecule has 1 amide bonds. The summed E-state index contributed by atoms with van der Waals surface area (Å²) in [4.78, 5) is 18.3. The van der Waals surface area contributed by atoms with Gasteiger partial charge in [-0.05, 0) is 26.0 Å². The van der Waals surface area contributed by atoms with Crippen LogP contribution in [0.4, 0.5) is 0 Å². The van der Waals surface area contributed by atoms with Crippen molar-refractivity contribution in [2.24, 2.45) is 4.99 Å². The van der Waals surface area contributed by atoms with Crippen LogP contribution in [0.25, 0.3) is 0 Å². The number of hydrogen-bond donors (Lipinski definition) is 2. The highest BCUT2D eigenvalue weighted by Crippen LogP contribution is 2.18. The van der Waals surface area contributed by atoms with Crippen molar-refractivity contribution in [1.82, 2.24) is 15.5 Å². The van der Waals surface area contributed by atoms with Crippen LogP contribution >= 0.6 is 24.0 Å². The van der Waals surface area contributed by atoms with E-state index in [9.17, 15) is 4.79 Å². The van der Waals surface area contributed by atoms with Gasteiger partial charge in [-0.3, -0.25) is 9.79 Å². The fourth-order valence-corrected chi connectivity index (χ4v) is 2.89. The number of rotatable bonds is 6. The molecule has 0 aliphatic carbocycles. The molecule has 1 aromatic rings. The van der Waals surface area contributed by atoms with Gasteiger partial charge in [-0.2, -0.15) is 0 Å². The Morgan fingerprint density at radius 1 is 1.27 bits per heavy atom. The van der Waals surface area contributed by atoms with Crippen molar-refractivity contribution in [3.8, 4) is 5.75 Å². The van der Waals surface area contributed by atoms with Crippen molar-refractivity contribution in [2.75, 3.05) is 26.7 Å². The smallest absolute Gasteiger partial charge is 0.221 e. The van der Waals surface area contributed by atoms with Crippen LogP contribution in [0.3, 0.4) is 0 Å². The van der Waals surface area contributed by atoms with Gasteiger partial charge in [0.2, 0.25) is 5.91 Å². The van der Waals surface area contributed by atoms with Gasteiger partial charge in [0.25, 0.3) is 0 Å². The van der Waals surface area contributed by atoms with E-state index in [1.165, 1.54) is 0 Å². The fraction of sp³-hybridized carbons (Fsp3) is 0.579. The van der Waals surface area contributed by atoms with Crippen molar-refractivity contribution in [3.05, 3.63) is 30.3 Å². The molecule has 1 saturated heterocycles. The van der Waals surface area contributed by atoms with Gasteiger partial charge >= 0.3 is 0 Å². The Bertz CT molecular complexity index is 558. The lowest BCUT2D eigenvalue weighted by molar-refractivity contribution is -0.121. The number of para-hydroxylation sites is 1. The van der Waals surface area contributed by atoms with Crippen LogP contribution in [0.5, 0.6) is 5.75 Å². The van der Waals surface area contributed by atoms with Gasteiger partial charge in [0, 0.05) is 52.0 Å². The van der Waals surface area contributed by atoms with Crippen molar-refractivity contribution >= 4 is 35.8 Å². The van der Waals surface area contributed by atoms with Crippen LogP contribution < -0.4 is 15.4 Å². The largest absolute Gasteiger partial charge is 0.490 e. The summed E-state index contributed by atoms with van der Waals surface area (Å²) in [5.74, 6) is 1.85. The molecule has 2 N–H and O–H groups in total. The van der Waals surface area contributed by atoms with Gasteiger partial charge in [-0.1, -0.05) is 18.2 Å². The average molecular weight is 474 g/mol. The van der Waals surface area contributed by atoms with E-state index in [0.29, 0.717) is 13.0 Å². The molecular formula is C19H31IN4O2. The van der Waals surface area contributed by atoms with E-state index >= 15 is 0 Å². The van der Waals surface area contributed by atoms with Crippen molar-refractivity contribution in [1.29, 1.82) is 0 Å². The van der Waals surface area contributed by atoms with E-state index in [-0.39, 0.29) is 42.0 Å². The van der Waals surface area contributed by atoms with E-state index in [1.54, 1.807) is 7.05 Å². The quantitative estimate of drug-likeness (QED) is 0.378. The molecule has 2 rings (SSSR count). The fourth-order valence-electron chi connectivity index (χ4n) is 2.89. The molecule has 0 aromatic heterocycles. The van der Waals surface area contributed by atoms with Gasteiger partial charge in [-0.25, -0.2) is 0 Å². The van der Waals surface area contributed by atoms with E-state index < -0.39 is 0 Å². The van der Waals surface area contributed by atoms with Crippen LogP contribution in [0.2, 0.25) is 0 Å². The third-order valence-electron chi connectivity index (χ3n) is 4.08. The SMILES string of the molecule is CN=C(NCCC(=O)NC(C)C)N1CCC(Oc2ccccc2)CC1.I. The summed E-state index contributed by atoms with van der Waals surface area (Å²) >= 11 is 0. The molecule has 0 bridgehead atoms. The Labute approximate surface area is 173 Å². The molecule has 1 aromatic carbocycles. The number of likely N-dealkylation sites (tertiary alicyclic amines) is 1. The molecule has 0 unspecified atom stereocenters. The highest BCUT2D eigenvalue weighted by atomic mass is 127. The molecule has 1 aliphatic heterocycles. The minimum Gasteiger partial charge on any atom is -0.490 e. The summed E-state index contributed by atoms with van der Waals surface area (Å²) in [6.45, 7) is 6.31.